The molecule has 3 rings (SSSR count). The SMILES string of the molecule is CC(OC(=O)c1ccc(NS(=O)(=O)c2ccc(Br)cc2)cc1)C(=O)NC1CCCC1. The number of benzene rings is 2. The number of ether oxygens (including phenoxy) is 1. The average Bonchev–Trinajstić information content (AvgIpc) is 3.21. The summed E-state index contributed by atoms with van der Waals surface area (Å²) in [7, 11) is -3.74. The van der Waals surface area contributed by atoms with Crippen molar-refractivity contribution in [2.45, 2.75) is 49.6 Å². The van der Waals surface area contributed by atoms with Gasteiger partial charge in [0, 0.05) is 16.2 Å². The predicted octanol–water partition coefficient (Wildman–Crippen LogP) is 3.85. The molecule has 1 fully saturated rings. The zero-order valence-corrected chi connectivity index (χ0v) is 18.8. The summed E-state index contributed by atoms with van der Waals surface area (Å²) in [5.74, 6) is -0.958. The number of nitrogens with one attached hydrogen (secondary N) is 2. The van der Waals surface area contributed by atoms with Gasteiger partial charge in [-0.25, -0.2) is 13.2 Å². The molecular formula is C21H23BrN2O5S. The van der Waals surface area contributed by atoms with Gasteiger partial charge < -0.3 is 10.1 Å². The molecule has 1 amide bonds. The van der Waals surface area contributed by atoms with Gasteiger partial charge in [0.05, 0.1) is 10.5 Å². The van der Waals surface area contributed by atoms with E-state index in [1.54, 1.807) is 12.1 Å². The molecule has 2 aromatic carbocycles. The van der Waals surface area contributed by atoms with Crippen molar-refractivity contribution in [3.63, 3.8) is 0 Å². The number of hydrogen-bond acceptors (Lipinski definition) is 5. The van der Waals surface area contributed by atoms with Crippen LogP contribution in [0, 0.1) is 0 Å². The molecule has 160 valence electrons. The van der Waals surface area contributed by atoms with E-state index < -0.39 is 22.1 Å². The van der Waals surface area contributed by atoms with Crippen LogP contribution in [0.15, 0.2) is 57.9 Å². The molecule has 30 heavy (non-hydrogen) atoms. The third kappa shape index (κ3) is 5.82. The summed E-state index contributed by atoms with van der Waals surface area (Å²) in [5.41, 5.74) is 0.531. The number of carbonyl (C=O) groups is 2. The van der Waals surface area contributed by atoms with Gasteiger partial charge >= 0.3 is 5.97 Å². The quantitative estimate of drug-likeness (QED) is 0.569. The summed E-state index contributed by atoms with van der Waals surface area (Å²) in [5, 5.41) is 2.89. The Labute approximate surface area is 184 Å². The highest BCUT2D eigenvalue weighted by Crippen LogP contribution is 2.20. The highest BCUT2D eigenvalue weighted by Gasteiger charge is 2.23. The Morgan fingerprint density at radius 3 is 2.23 bits per heavy atom. The average molecular weight is 495 g/mol. The Balaban J connectivity index is 1.58. The third-order valence-corrected chi connectivity index (χ3v) is 6.78. The maximum atomic E-state index is 12.4. The minimum absolute atomic E-state index is 0.122. The van der Waals surface area contributed by atoms with Crippen LogP contribution < -0.4 is 10.0 Å². The van der Waals surface area contributed by atoms with Gasteiger partial charge in [-0.3, -0.25) is 9.52 Å². The molecule has 0 saturated heterocycles. The maximum Gasteiger partial charge on any atom is 0.338 e. The first-order valence-corrected chi connectivity index (χ1v) is 11.9. The van der Waals surface area contributed by atoms with Gasteiger partial charge in [-0.05, 0) is 68.3 Å². The summed E-state index contributed by atoms with van der Waals surface area (Å²) < 4.78 is 33.3. The molecule has 2 aromatic rings. The molecule has 7 nitrogen and oxygen atoms in total. The van der Waals surface area contributed by atoms with Crippen LogP contribution >= 0.6 is 15.9 Å². The molecule has 0 heterocycles. The molecule has 1 unspecified atom stereocenters. The second-order valence-electron chi connectivity index (χ2n) is 7.17. The Morgan fingerprint density at radius 2 is 1.63 bits per heavy atom. The van der Waals surface area contributed by atoms with Crippen LogP contribution in [0.4, 0.5) is 5.69 Å². The van der Waals surface area contributed by atoms with Crippen LogP contribution in [0.3, 0.4) is 0 Å². The minimum Gasteiger partial charge on any atom is -0.449 e. The molecule has 9 heteroatoms. The first-order chi connectivity index (χ1) is 14.2. The van der Waals surface area contributed by atoms with E-state index in [4.69, 9.17) is 4.74 Å². The lowest BCUT2D eigenvalue weighted by Gasteiger charge is -2.17. The first kappa shape index (κ1) is 22.3. The zero-order chi connectivity index (χ0) is 21.7. The van der Waals surface area contributed by atoms with Crippen LogP contribution in [0.5, 0.6) is 0 Å². The van der Waals surface area contributed by atoms with E-state index in [9.17, 15) is 18.0 Å². The summed E-state index contributed by atoms with van der Waals surface area (Å²) in [6.07, 6.45) is 3.18. The first-order valence-electron chi connectivity index (χ1n) is 9.64. The van der Waals surface area contributed by atoms with Crippen molar-refractivity contribution in [2.75, 3.05) is 4.72 Å². The molecule has 0 aliphatic heterocycles. The van der Waals surface area contributed by atoms with E-state index in [0.717, 1.165) is 30.2 Å². The van der Waals surface area contributed by atoms with Crippen LogP contribution in [0.2, 0.25) is 0 Å². The lowest BCUT2D eigenvalue weighted by atomic mass is 10.2. The Hall–Kier alpha value is -2.39. The number of esters is 1. The van der Waals surface area contributed by atoms with E-state index in [0.29, 0.717) is 5.69 Å². The molecule has 0 radical (unpaired) electrons. The smallest absolute Gasteiger partial charge is 0.338 e. The van der Waals surface area contributed by atoms with E-state index in [1.807, 2.05) is 0 Å². The highest BCUT2D eigenvalue weighted by atomic mass is 79.9. The van der Waals surface area contributed by atoms with Crippen molar-refractivity contribution in [2.24, 2.45) is 0 Å². The lowest BCUT2D eigenvalue weighted by Crippen LogP contribution is -2.40. The molecule has 1 aliphatic carbocycles. The molecule has 1 aliphatic rings. The van der Waals surface area contributed by atoms with Crippen molar-refractivity contribution in [1.29, 1.82) is 0 Å². The van der Waals surface area contributed by atoms with Gasteiger partial charge in [0.2, 0.25) is 0 Å². The number of halogens is 1. The highest BCUT2D eigenvalue weighted by molar-refractivity contribution is 9.10. The Bertz CT molecular complexity index is 1000. The Kier molecular flexibility index (Phi) is 7.14. The van der Waals surface area contributed by atoms with Crippen LogP contribution in [0.25, 0.3) is 0 Å². The van der Waals surface area contributed by atoms with Crippen molar-refractivity contribution in [3.8, 4) is 0 Å². The van der Waals surface area contributed by atoms with Gasteiger partial charge in [0.25, 0.3) is 15.9 Å². The fraction of sp³-hybridized carbons (Fsp3) is 0.333. The summed E-state index contributed by atoms with van der Waals surface area (Å²) in [6, 6.07) is 12.2. The van der Waals surface area contributed by atoms with E-state index in [2.05, 4.69) is 26.0 Å². The maximum absolute atomic E-state index is 12.4. The van der Waals surface area contributed by atoms with Gasteiger partial charge in [-0.15, -0.1) is 0 Å². The second-order valence-corrected chi connectivity index (χ2v) is 9.77. The van der Waals surface area contributed by atoms with Crippen LogP contribution in [-0.2, 0) is 19.6 Å². The minimum atomic E-state index is -3.74. The Morgan fingerprint density at radius 1 is 1.03 bits per heavy atom. The lowest BCUT2D eigenvalue weighted by molar-refractivity contribution is -0.129. The fourth-order valence-electron chi connectivity index (χ4n) is 3.17. The molecule has 1 saturated carbocycles. The van der Waals surface area contributed by atoms with Crippen molar-refractivity contribution in [3.05, 3.63) is 58.6 Å². The number of sulfonamides is 1. The summed E-state index contributed by atoms with van der Waals surface area (Å²) in [4.78, 5) is 24.6. The summed E-state index contributed by atoms with van der Waals surface area (Å²) >= 11 is 3.26. The van der Waals surface area contributed by atoms with Crippen LogP contribution in [-0.4, -0.2) is 32.4 Å². The summed E-state index contributed by atoms with van der Waals surface area (Å²) in [6.45, 7) is 1.53. The van der Waals surface area contributed by atoms with Gasteiger partial charge in [-0.1, -0.05) is 28.8 Å². The normalized spacial score (nSPS) is 15.4. The monoisotopic (exact) mass is 494 g/mol. The van der Waals surface area contributed by atoms with Crippen molar-refractivity contribution < 1.29 is 22.7 Å². The number of hydrogen-bond donors (Lipinski definition) is 2. The van der Waals surface area contributed by atoms with Gasteiger partial charge in [-0.2, -0.15) is 0 Å². The van der Waals surface area contributed by atoms with Crippen molar-refractivity contribution in [1.82, 2.24) is 5.32 Å². The molecule has 2 N–H and O–H groups in total. The van der Waals surface area contributed by atoms with Gasteiger partial charge in [0.1, 0.15) is 0 Å². The fourth-order valence-corrected chi connectivity index (χ4v) is 4.50. The molecular weight excluding hydrogens is 472 g/mol. The third-order valence-electron chi connectivity index (χ3n) is 4.85. The topological polar surface area (TPSA) is 102 Å². The zero-order valence-electron chi connectivity index (χ0n) is 16.4. The molecule has 0 spiro atoms. The molecule has 0 aromatic heterocycles. The van der Waals surface area contributed by atoms with Crippen LogP contribution in [0.1, 0.15) is 43.0 Å². The molecule has 1 atom stereocenters. The molecule has 0 bridgehead atoms. The van der Waals surface area contributed by atoms with Crippen molar-refractivity contribution >= 4 is 43.5 Å². The number of anilines is 1. The second kappa shape index (κ2) is 9.61. The number of carbonyl (C=O) groups excluding carboxylic acids is 2. The number of rotatable bonds is 7. The van der Waals surface area contributed by atoms with Gasteiger partial charge in [0.15, 0.2) is 6.10 Å². The predicted molar refractivity (Wildman–Crippen MR) is 117 cm³/mol. The van der Waals surface area contributed by atoms with E-state index >= 15 is 0 Å². The number of amides is 1. The van der Waals surface area contributed by atoms with E-state index in [1.165, 1.54) is 43.3 Å². The largest absolute Gasteiger partial charge is 0.449 e. The standard InChI is InChI=1S/C21H23BrN2O5S/c1-14(20(25)23-17-4-2-3-5-17)29-21(26)15-6-10-18(11-7-15)24-30(27,28)19-12-8-16(22)9-13-19/h6-14,17,24H,2-5H2,1H3,(H,23,25). The van der Waals surface area contributed by atoms with E-state index in [-0.39, 0.29) is 22.4 Å².